The molecular weight excluding hydrogens is 234 g/mol. The molecule has 1 aliphatic carbocycles. The number of carbonyl (C=O) groups is 1. The van der Waals surface area contributed by atoms with Crippen LogP contribution in [0.4, 0.5) is 5.82 Å². The van der Waals surface area contributed by atoms with Gasteiger partial charge in [-0.1, -0.05) is 0 Å². The lowest BCUT2D eigenvalue weighted by Gasteiger charge is -2.20. The van der Waals surface area contributed by atoms with Crippen molar-refractivity contribution in [3.8, 4) is 0 Å². The van der Waals surface area contributed by atoms with Crippen LogP contribution in [-0.4, -0.2) is 42.3 Å². The van der Waals surface area contributed by atoms with Crippen LogP contribution >= 0.6 is 0 Å². The maximum Gasteiger partial charge on any atom is 0.376 e. The van der Waals surface area contributed by atoms with Gasteiger partial charge in [-0.25, -0.2) is 14.8 Å². The van der Waals surface area contributed by atoms with E-state index in [1.807, 2.05) is 0 Å². The number of nitrogens with zero attached hydrogens (tertiary/aromatic N) is 2. The molecular formula is C12H17N3O3. The van der Waals surface area contributed by atoms with Gasteiger partial charge < -0.3 is 14.8 Å². The number of methoxy groups -OCH3 is 2. The van der Waals surface area contributed by atoms with Crippen molar-refractivity contribution in [2.75, 3.05) is 19.5 Å². The van der Waals surface area contributed by atoms with Crippen LogP contribution in [0.3, 0.4) is 0 Å². The highest BCUT2D eigenvalue weighted by atomic mass is 16.5. The number of carbonyl (C=O) groups excluding carboxylic acids is 1. The number of aromatic nitrogens is 2. The lowest BCUT2D eigenvalue weighted by Crippen LogP contribution is -2.30. The average molecular weight is 251 g/mol. The van der Waals surface area contributed by atoms with E-state index in [-0.39, 0.29) is 18.0 Å². The lowest BCUT2D eigenvalue weighted by atomic mass is 10.2. The van der Waals surface area contributed by atoms with E-state index >= 15 is 0 Å². The quantitative estimate of drug-likeness (QED) is 0.812. The Morgan fingerprint density at radius 2 is 2.28 bits per heavy atom. The predicted octanol–water partition coefficient (Wildman–Crippen LogP) is 1.24. The molecule has 0 saturated heterocycles. The third-order valence-corrected chi connectivity index (χ3v) is 3.11. The Morgan fingerprint density at radius 1 is 1.44 bits per heavy atom. The molecule has 0 bridgehead atoms. The molecule has 1 heterocycles. The van der Waals surface area contributed by atoms with Crippen LogP contribution in [0, 0.1) is 0 Å². The molecule has 1 saturated carbocycles. The van der Waals surface area contributed by atoms with E-state index in [9.17, 15) is 4.79 Å². The van der Waals surface area contributed by atoms with Crippen molar-refractivity contribution in [3.63, 3.8) is 0 Å². The van der Waals surface area contributed by atoms with E-state index in [1.54, 1.807) is 19.4 Å². The normalized spacial score (nSPS) is 22.8. The molecule has 1 aliphatic rings. The Labute approximate surface area is 106 Å². The molecule has 98 valence electrons. The molecule has 2 rings (SSSR count). The second-order valence-electron chi connectivity index (χ2n) is 4.21. The zero-order valence-corrected chi connectivity index (χ0v) is 10.5. The van der Waals surface area contributed by atoms with Crippen LogP contribution in [0.15, 0.2) is 12.3 Å². The number of nitrogens with one attached hydrogen (secondary N) is 1. The number of ether oxygens (including phenoxy) is 2. The molecule has 2 atom stereocenters. The zero-order chi connectivity index (χ0) is 13.0. The summed E-state index contributed by atoms with van der Waals surface area (Å²) < 4.78 is 9.98. The Morgan fingerprint density at radius 3 is 3.00 bits per heavy atom. The van der Waals surface area contributed by atoms with Gasteiger partial charge in [-0.3, -0.25) is 0 Å². The smallest absolute Gasteiger partial charge is 0.376 e. The molecule has 1 aromatic heterocycles. The third kappa shape index (κ3) is 2.76. The van der Waals surface area contributed by atoms with E-state index in [0.717, 1.165) is 19.3 Å². The molecule has 18 heavy (non-hydrogen) atoms. The average Bonchev–Trinajstić information content (AvgIpc) is 2.85. The number of anilines is 1. The van der Waals surface area contributed by atoms with E-state index in [0.29, 0.717) is 5.82 Å². The molecule has 0 amide bonds. The zero-order valence-electron chi connectivity index (χ0n) is 10.5. The van der Waals surface area contributed by atoms with Crippen molar-refractivity contribution in [2.24, 2.45) is 0 Å². The summed E-state index contributed by atoms with van der Waals surface area (Å²) in [7, 11) is 3.02. The molecule has 1 fully saturated rings. The van der Waals surface area contributed by atoms with Crippen molar-refractivity contribution in [1.82, 2.24) is 9.97 Å². The predicted molar refractivity (Wildman–Crippen MR) is 65.4 cm³/mol. The second-order valence-corrected chi connectivity index (χ2v) is 4.21. The van der Waals surface area contributed by atoms with Gasteiger partial charge in [-0.15, -0.1) is 0 Å². The standard InChI is InChI=1S/C12H17N3O3/c1-17-9-5-3-4-8(9)14-10-6-7-13-11(15-10)12(16)18-2/h6-9H,3-5H2,1-2H3,(H,13,14,15). The molecule has 0 aliphatic heterocycles. The molecule has 2 unspecified atom stereocenters. The highest BCUT2D eigenvalue weighted by Gasteiger charge is 2.27. The maximum absolute atomic E-state index is 11.3. The van der Waals surface area contributed by atoms with Gasteiger partial charge >= 0.3 is 5.97 Å². The molecule has 6 heteroatoms. The number of hydrogen-bond acceptors (Lipinski definition) is 6. The van der Waals surface area contributed by atoms with Crippen molar-refractivity contribution < 1.29 is 14.3 Å². The van der Waals surface area contributed by atoms with Crippen LogP contribution in [0.25, 0.3) is 0 Å². The molecule has 1 aromatic rings. The summed E-state index contributed by atoms with van der Waals surface area (Å²) in [4.78, 5) is 19.3. The lowest BCUT2D eigenvalue weighted by molar-refractivity contribution is 0.0587. The Balaban J connectivity index is 2.07. The molecule has 0 spiro atoms. The van der Waals surface area contributed by atoms with Crippen LogP contribution in [0.5, 0.6) is 0 Å². The summed E-state index contributed by atoms with van der Waals surface area (Å²) in [6.07, 6.45) is 4.95. The largest absolute Gasteiger partial charge is 0.463 e. The van der Waals surface area contributed by atoms with Crippen molar-refractivity contribution in [2.45, 2.75) is 31.4 Å². The van der Waals surface area contributed by atoms with Gasteiger partial charge in [0.2, 0.25) is 5.82 Å². The van der Waals surface area contributed by atoms with Crippen LogP contribution in [0.2, 0.25) is 0 Å². The fourth-order valence-electron chi connectivity index (χ4n) is 2.19. The maximum atomic E-state index is 11.3. The van der Waals surface area contributed by atoms with E-state index < -0.39 is 5.97 Å². The van der Waals surface area contributed by atoms with E-state index in [4.69, 9.17) is 4.74 Å². The fourth-order valence-corrected chi connectivity index (χ4v) is 2.19. The minimum Gasteiger partial charge on any atom is -0.463 e. The number of esters is 1. The summed E-state index contributed by atoms with van der Waals surface area (Å²) in [5.41, 5.74) is 0. The molecule has 1 N–H and O–H groups in total. The molecule has 0 aromatic carbocycles. The summed E-state index contributed by atoms with van der Waals surface area (Å²) in [5.74, 6) is 0.155. The summed E-state index contributed by atoms with van der Waals surface area (Å²) in [5, 5.41) is 3.28. The first kappa shape index (κ1) is 12.8. The van der Waals surface area contributed by atoms with Crippen LogP contribution < -0.4 is 5.32 Å². The van der Waals surface area contributed by atoms with Gasteiger partial charge in [-0.05, 0) is 25.3 Å². The highest BCUT2D eigenvalue weighted by Crippen LogP contribution is 2.24. The first-order valence-corrected chi connectivity index (χ1v) is 5.95. The minimum absolute atomic E-state index is 0.0643. The van der Waals surface area contributed by atoms with Gasteiger partial charge in [0.25, 0.3) is 0 Å². The van der Waals surface area contributed by atoms with Crippen molar-refractivity contribution >= 4 is 11.8 Å². The second kappa shape index (κ2) is 5.77. The number of hydrogen-bond donors (Lipinski definition) is 1. The monoisotopic (exact) mass is 251 g/mol. The fraction of sp³-hybridized carbons (Fsp3) is 0.583. The molecule has 0 radical (unpaired) electrons. The van der Waals surface area contributed by atoms with Crippen LogP contribution in [-0.2, 0) is 9.47 Å². The van der Waals surface area contributed by atoms with Gasteiger partial charge in [-0.2, -0.15) is 0 Å². The van der Waals surface area contributed by atoms with Crippen molar-refractivity contribution in [3.05, 3.63) is 18.1 Å². The van der Waals surface area contributed by atoms with Gasteiger partial charge in [0, 0.05) is 13.3 Å². The van der Waals surface area contributed by atoms with Gasteiger partial charge in [0.15, 0.2) is 0 Å². The Kier molecular flexibility index (Phi) is 4.09. The Hall–Kier alpha value is -1.69. The summed E-state index contributed by atoms with van der Waals surface area (Å²) in [6.45, 7) is 0. The third-order valence-electron chi connectivity index (χ3n) is 3.11. The minimum atomic E-state index is -0.534. The highest BCUT2D eigenvalue weighted by molar-refractivity contribution is 5.85. The number of rotatable bonds is 4. The van der Waals surface area contributed by atoms with Gasteiger partial charge in [0.05, 0.1) is 19.3 Å². The SMILES string of the molecule is COC(=O)c1nccc(NC2CCCC2OC)n1. The van der Waals surface area contributed by atoms with Crippen LogP contribution in [0.1, 0.15) is 29.9 Å². The van der Waals surface area contributed by atoms with Gasteiger partial charge in [0.1, 0.15) is 5.82 Å². The Bertz CT molecular complexity index is 425. The topological polar surface area (TPSA) is 73.3 Å². The first-order valence-electron chi connectivity index (χ1n) is 5.95. The molecule has 6 nitrogen and oxygen atoms in total. The summed E-state index contributed by atoms with van der Waals surface area (Å²) >= 11 is 0. The summed E-state index contributed by atoms with van der Waals surface area (Å²) in [6, 6.07) is 1.97. The van der Waals surface area contributed by atoms with E-state index in [2.05, 4.69) is 20.0 Å². The van der Waals surface area contributed by atoms with E-state index in [1.165, 1.54) is 7.11 Å². The first-order chi connectivity index (χ1) is 8.74. The van der Waals surface area contributed by atoms with Crippen molar-refractivity contribution in [1.29, 1.82) is 0 Å².